The Morgan fingerprint density at radius 3 is 2.84 bits per heavy atom. The predicted octanol–water partition coefficient (Wildman–Crippen LogP) is 1.32. The summed E-state index contributed by atoms with van der Waals surface area (Å²) >= 11 is 1.81. The molecule has 0 aromatic heterocycles. The van der Waals surface area contributed by atoms with E-state index in [-0.39, 0.29) is 18.0 Å². The summed E-state index contributed by atoms with van der Waals surface area (Å²) in [4.78, 5) is 13.9. The molecule has 3 nitrogen and oxygen atoms in total. The third-order valence-corrected chi connectivity index (χ3v) is 3.77. The lowest BCUT2D eigenvalue weighted by Crippen LogP contribution is -2.38. The Hall–Kier alpha value is -1.51. The van der Waals surface area contributed by atoms with Crippen LogP contribution in [0.4, 0.5) is 4.39 Å². The van der Waals surface area contributed by atoms with E-state index in [2.05, 4.69) is 11.8 Å². The summed E-state index contributed by atoms with van der Waals surface area (Å²) in [5.41, 5.74) is 6.00. The van der Waals surface area contributed by atoms with E-state index in [4.69, 9.17) is 5.73 Å². The van der Waals surface area contributed by atoms with Crippen LogP contribution in [0.25, 0.3) is 0 Å². The summed E-state index contributed by atoms with van der Waals surface area (Å²) in [7, 11) is 0. The summed E-state index contributed by atoms with van der Waals surface area (Å²) < 4.78 is 13.8. The second-order valence-electron chi connectivity index (χ2n) is 4.11. The van der Waals surface area contributed by atoms with Crippen molar-refractivity contribution in [2.24, 2.45) is 5.73 Å². The summed E-state index contributed by atoms with van der Waals surface area (Å²) in [6, 6.07) is 4.34. The summed E-state index contributed by atoms with van der Waals surface area (Å²) in [6.07, 6.45) is 0. The van der Waals surface area contributed by atoms with Crippen molar-refractivity contribution in [1.29, 1.82) is 0 Å². The van der Waals surface area contributed by atoms with Gasteiger partial charge in [-0.05, 0) is 18.2 Å². The van der Waals surface area contributed by atoms with E-state index in [9.17, 15) is 9.18 Å². The topological polar surface area (TPSA) is 46.3 Å². The third-order valence-electron chi connectivity index (χ3n) is 2.83. The van der Waals surface area contributed by atoms with E-state index in [1.807, 2.05) is 0 Å². The predicted molar refractivity (Wildman–Crippen MR) is 75.6 cm³/mol. The molecule has 1 aromatic carbocycles. The number of nitrogens with two attached hydrogens (primary N) is 1. The zero-order chi connectivity index (χ0) is 13.7. The number of carbonyl (C=O) groups excluding carboxylic acids is 1. The van der Waals surface area contributed by atoms with Crippen molar-refractivity contribution >= 4 is 17.7 Å². The molecule has 100 valence electrons. The zero-order valence-corrected chi connectivity index (χ0v) is 11.3. The summed E-state index contributed by atoms with van der Waals surface area (Å²) in [6.45, 7) is 1.58. The fourth-order valence-electron chi connectivity index (χ4n) is 1.86. The maximum Gasteiger partial charge on any atom is 0.256 e. The highest BCUT2D eigenvalue weighted by Gasteiger charge is 2.21. The van der Waals surface area contributed by atoms with Gasteiger partial charge in [-0.2, -0.15) is 11.8 Å². The Morgan fingerprint density at radius 1 is 1.42 bits per heavy atom. The first kappa shape index (κ1) is 13.9. The van der Waals surface area contributed by atoms with Crippen LogP contribution >= 0.6 is 11.8 Å². The van der Waals surface area contributed by atoms with Crippen molar-refractivity contribution in [2.75, 3.05) is 31.1 Å². The normalized spacial score (nSPS) is 14.7. The number of carbonyl (C=O) groups is 1. The van der Waals surface area contributed by atoms with Crippen LogP contribution in [-0.4, -0.2) is 41.9 Å². The largest absolute Gasteiger partial charge is 0.337 e. The molecule has 1 amide bonds. The molecule has 2 rings (SSSR count). The van der Waals surface area contributed by atoms with Crippen LogP contribution in [-0.2, 0) is 0 Å². The molecule has 1 aromatic rings. The number of amides is 1. The number of hydrogen-bond acceptors (Lipinski definition) is 3. The molecule has 0 atom stereocenters. The Kier molecular flexibility index (Phi) is 4.83. The molecule has 0 spiro atoms. The van der Waals surface area contributed by atoms with E-state index >= 15 is 0 Å². The number of halogens is 1. The molecule has 1 aliphatic rings. The molecule has 1 heterocycles. The van der Waals surface area contributed by atoms with Gasteiger partial charge in [0, 0.05) is 30.2 Å². The van der Waals surface area contributed by atoms with E-state index in [1.165, 1.54) is 12.1 Å². The van der Waals surface area contributed by atoms with Crippen LogP contribution in [0, 0.1) is 17.7 Å². The van der Waals surface area contributed by atoms with Gasteiger partial charge in [0.15, 0.2) is 0 Å². The lowest BCUT2D eigenvalue weighted by molar-refractivity contribution is 0.0767. The van der Waals surface area contributed by atoms with Gasteiger partial charge in [-0.25, -0.2) is 4.39 Å². The molecule has 1 saturated heterocycles. The first-order valence-electron chi connectivity index (χ1n) is 6.08. The maximum atomic E-state index is 13.8. The molecule has 5 heteroatoms. The van der Waals surface area contributed by atoms with Crippen molar-refractivity contribution in [3.05, 3.63) is 35.1 Å². The van der Waals surface area contributed by atoms with Gasteiger partial charge >= 0.3 is 0 Å². The van der Waals surface area contributed by atoms with Crippen LogP contribution in [0.1, 0.15) is 15.9 Å². The SMILES string of the molecule is NCC#Cc1ccc(F)c(C(=O)N2CCSCC2)c1. The van der Waals surface area contributed by atoms with E-state index in [0.29, 0.717) is 18.7 Å². The van der Waals surface area contributed by atoms with Crippen LogP contribution in [0.5, 0.6) is 0 Å². The molecule has 1 aliphatic heterocycles. The van der Waals surface area contributed by atoms with Gasteiger partial charge in [0.25, 0.3) is 5.91 Å². The van der Waals surface area contributed by atoms with Crippen LogP contribution in [0.2, 0.25) is 0 Å². The number of rotatable bonds is 1. The van der Waals surface area contributed by atoms with Gasteiger partial charge in [0.05, 0.1) is 12.1 Å². The number of hydrogen-bond donors (Lipinski definition) is 1. The second-order valence-corrected chi connectivity index (χ2v) is 5.33. The smallest absolute Gasteiger partial charge is 0.256 e. The minimum atomic E-state index is -0.499. The molecule has 0 aliphatic carbocycles. The highest BCUT2D eigenvalue weighted by Crippen LogP contribution is 2.16. The molecule has 0 bridgehead atoms. The van der Waals surface area contributed by atoms with Gasteiger partial charge in [-0.1, -0.05) is 11.8 Å². The minimum Gasteiger partial charge on any atom is -0.337 e. The molecule has 1 fully saturated rings. The van der Waals surface area contributed by atoms with Crippen molar-refractivity contribution in [1.82, 2.24) is 4.90 Å². The molecule has 2 N–H and O–H groups in total. The lowest BCUT2D eigenvalue weighted by Gasteiger charge is -2.26. The highest BCUT2D eigenvalue weighted by atomic mass is 32.2. The van der Waals surface area contributed by atoms with Crippen LogP contribution in [0.15, 0.2) is 18.2 Å². The molecule has 0 unspecified atom stereocenters. The minimum absolute atomic E-state index is 0.0933. The first-order valence-corrected chi connectivity index (χ1v) is 7.23. The van der Waals surface area contributed by atoms with Gasteiger partial charge in [0.1, 0.15) is 5.82 Å². The number of thioether (sulfide) groups is 1. The molecule has 19 heavy (non-hydrogen) atoms. The number of nitrogens with zero attached hydrogens (tertiary/aromatic N) is 1. The standard InChI is InChI=1S/C14H15FN2OS/c15-13-4-3-11(2-1-5-16)10-12(13)14(18)17-6-8-19-9-7-17/h3-4,10H,5-9,16H2. The van der Waals surface area contributed by atoms with Gasteiger partial charge in [-0.15, -0.1) is 0 Å². The Morgan fingerprint density at radius 2 is 2.16 bits per heavy atom. The highest BCUT2D eigenvalue weighted by molar-refractivity contribution is 7.99. The average molecular weight is 278 g/mol. The van der Waals surface area contributed by atoms with E-state index in [1.54, 1.807) is 22.7 Å². The van der Waals surface area contributed by atoms with Crippen LogP contribution in [0.3, 0.4) is 0 Å². The van der Waals surface area contributed by atoms with Gasteiger partial charge < -0.3 is 10.6 Å². The monoisotopic (exact) mass is 278 g/mol. The maximum absolute atomic E-state index is 13.8. The average Bonchev–Trinajstić information content (AvgIpc) is 2.46. The lowest BCUT2D eigenvalue weighted by atomic mass is 10.1. The fourth-order valence-corrected chi connectivity index (χ4v) is 2.76. The molecular weight excluding hydrogens is 263 g/mol. The first-order chi connectivity index (χ1) is 9.22. The van der Waals surface area contributed by atoms with Crippen molar-refractivity contribution in [3.8, 4) is 11.8 Å². The Labute approximate surface area is 116 Å². The van der Waals surface area contributed by atoms with Crippen molar-refractivity contribution < 1.29 is 9.18 Å². The summed E-state index contributed by atoms with van der Waals surface area (Å²) in [5.74, 6) is 6.56. The second kappa shape index (κ2) is 6.60. The zero-order valence-electron chi connectivity index (χ0n) is 10.5. The third kappa shape index (κ3) is 3.49. The Balaban J connectivity index is 2.24. The molecule has 0 radical (unpaired) electrons. The quantitative estimate of drug-likeness (QED) is 0.788. The number of benzene rings is 1. The summed E-state index contributed by atoms with van der Waals surface area (Å²) in [5, 5.41) is 0. The fraction of sp³-hybridized carbons (Fsp3) is 0.357. The van der Waals surface area contributed by atoms with E-state index in [0.717, 1.165) is 11.5 Å². The van der Waals surface area contributed by atoms with Crippen molar-refractivity contribution in [2.45, 2.75) is 0 Å². The van der Waals surface area contributed by atoms with Gasteiger partial charge in [-0.3, -0.25) is 4.79 Å². The van der Waals surface area contributed by atoms with Crippen molar-refractivity contribution in [3.63, 3.8) is 0 Å². The molecule has 0 saturated carbocycles. The van der Waals surface area contributed by atoms with E-state index < -0.39 is 5.82 Å². The van der Waals surface area contributed by atoms with Crippen LogP contribution < -0.4 is 5.73 Å². The van der Waals surface area contributed by atoms with Gasteiger partial charge in [0.2, 0.25) is 0 Å². The molecular formula is C14H15FN2OS. The Bertz CT molecular complexity index is 530.